The minimum Gasteiger partial charge on any atom is -0.357 e. The number of rotatable bonds is 6. The number of nitrogens with one attached hydrogen (secondary N) is 1. The van der Waals surface area contributed by atoms with E-state index < -0.39 is 0 Å². The zero-order valence-electron chi connectivity index (χ0n) is 12.5. The molecule has 1 heterocycles. The van der Waals surface area contributed by atoms with Crippen LogP contribution in [0.1, 0.15) is 39.7 Å². The van der Waals surface area contributed by atoms with Gasteiger partial charge in [0.2, 0.25) is 5.95 Å². The fraction of sp³-hybridized carbons (Fsp3) is 0.714. The Morgan fingerprint density at radius 3 is 2.56 bits per heavy atom. The van der Waals surface area contributed by atoms with E-state index in [0.29, 0.717) is 17.9 Å². The van der Waals surface area contributed by atoms with Crippen LogP contribution in [0.5, 0.6) is 0 Å². The molecule has 0 radical (unpaired) electrons. The topological polar surface area (TPSA) is 41.1 Å². The van der Waals surface area contributed by atoms with Crippen molar-refractivity contribution in [3.05, 3.63) is 11.8 Å². The van der Waals surface area contributed by atoms with E-state index >= 15 is 0 Å². The monoisotopic (exact) mass is 250 g/mol. The standard InChI is InChI=1S/C14H26N4/c1-7-15-14-16-9-11(4)13(17-14)18(6)12(5)8-10(2)3/h9-10,12H,7-8H2,1-6H3,(H,15,16,17). The summed E-state index contributed by atoms with van der Waals surface area (Å²) in [6.45, 7) is 11.7. The molecule has 18 heavy (non-hydrogen) atoms. The lowest BCUT2D eigenvalue weighted by molar-refractivity contribution is 0.501. The van der Waals surface area contributed by atoms with Crippen LogP contribution < -0.4 is 10.2 Å². The van der Waals surface area contributed by atoms with Crippen molar-refractivity contribution in [3.63, 3.8) is 0 Å². The maximum absolute atomic E-state index is 4.59. The molecule has 1 aromatic heterocycles. The Kier molecular flexibility index (Phi) is 5.38. The maximum atomic E-state index is 4.59. The molecule has 0 fully saturated rings. The number of hydrogen-bond acceptors (Lipinski definition) is 4. The van der Waals surface area contributed by atoms with Crippen molar-refractivity contribution in [2.24, 2.45) is 5.92 Å². The molecule has 1 unspecified atom stereocenters. The maximum Gasteiger partial charge on any atom is 0.224 e. The van der Waals surface area contributed by atoms with E-state index in [2.05, 4.69) is 54.9 Å². The van der Waals surface area contributed by atoms with Crippen molar-refractivity contribution >= 4 is 11.8 Å². The molecular formula is C14H26N4. The molecule has 0 amide bonds. The van der Waals surface area contributed by atoms with Crippen molar-refractivity contribution in [2.75, 3.05) is 23.8 Å². The van der Waals surface area contributed by atoms with Gasteiger partial charge in [-0.3, -0.25) is 0 Å². The van der Waals surface area contributed by atoms with Crippen LogP contribution in [0, 0.1) is 12.8 Å². The van der Waals surface area contributed by atoms with E-state index in [1.165, 1.54) is 0 Å². The van der Waals surface area contributed by atoms with Gasteiger partial charge in [-0.15, -0.1) is 0 Å². The lowest BCUT2D eigenvalue weighted by Crippen LogP contribution is -2.31. The van der Waals surface area contributed by atoms with Crippen molar-refractivity contribution in [2.45, 2.75) is 47.1 Å². The summed E-state index contributed by atoms with van der Waals surface area (Å²) in [6.07, 6.45) is 3.05. The first-order valence-corrected chi connectivity index (χ1v) is 6.76. The van der Waals surface area contributed by atoms with E-state index in [1.54, 1.807) is 0 Å². The zero-order chi connectivity index (χ0) is 13.7. The summed E-state index contributed by atoms with van der Waals surface area (Å²) < 4.78 is 0. The summed E-state index contributed by atoms with van der Waals surface area (Å²) >= 11 is 0. The second-order valence-corrected chi connectivity index (χ2v) is 5.32. The predicted molar refractivity (Wildman–Crippen MR) is 78.3 cm³/mol. The van der Waals surface area contributed by atoms with E-state index in [4.69, 9.17) is 0 Å². The molecule has 0 aliphatic carbocycles. The Bertz CT molecular complexity index is 376. The summed E-state index contributed by atoms with van der Waals surface area (Å²) in [5, 5.41) is 3.16. The summed E-state index contributed by atoms with van der Waals surface area (Å²) in [5.74, 6) is 2.42. The van der Waals surface area contributed by atoms with Gasteiger partial charge < -0.3 is 10.2 Å². The highest BCUT2D eigenvalue weighted by Crippen LogP contribution is 2.21. The number of aromatic nitrogens is 2. The van der Waals surface area contributed by atoms with Crippen LogP contribution in [0.2, 0.25) is 0 Å². The SMILES string of the molecule is CCNc1ncc(C)c(N(C)C(C)CC(C)C)n1. The second-order valence-electron chi connectivity index (χ2n) is 5.32. The Labute approximate surface area is 111 Å². The van der Waals surface area contributed by atoms with Gasteiger partial charge >= 0.3 is 0 Å². The molecule has 0 spiro atoms. The van der Waals surface area contributed by atoms with Crippen molar-refractivity contribution in [1.82, 2.24) is 9.97 Å². The number of nitrogens with zero attached hydrogens (tertiary/aromatic N) is 3. The van der Waals surface area contributed by atoms with Gasteiger partial charge in [0.05, 0.1) is 0 Å². The summed E-state index contributed by atoms with van der Waals surface area (Å²) in [7, 11) is 2.11. The van der Waals surface area contributed by atoms with Gasteiger partial charge in [-0.1, -0.05) is 13.8 Å². The molecule has 1 aromatic rings. The third-order valence-electron chi connectivity index (χ3n) is 3.09. The minimum atomic E-state index is 0.480. The van der Waals surface area contributed by atoms with Gasteiger partial charge in [0.1, 0.15) is 5.82 Å². The molecule has 0 saturated carbocycles. The third-order valence-corrected chi connectivity index (χ3v) is 3.09. The van der Waals surface area contributed by atoms with Crippen molar-refractivity contribution < 1.29 is 0 Å². The third kappa shape index (κ3) is 3.86. The molecule has 0 saturated heterocycles. The first-order valence-electron chi connectivity index (χ1n) is 6.76. The molecule has 0 aromatic carbocycles. The van der Waals surface area contributed by atoms with Crippen LogP contribution in [-0.4, -0.2) is 29.6 Å². The quantitative estimate of drug-likeness (QED) is 0.842. The first-order chi connectivity index (χ1) is 8.45. The highest BCUT2D eigenvalue weighted by molar-refractivity contribution is 5.49. The first kappa shape index (κ1) is 14.7. The fourth-order valence-electron chi connectivity index (χ4n) is 2.08. The Hall–Kier alpha value is -1.32. The number of aryl methyl sites for hydroxylation is 1. The minimum absolute atomic E-state index is 0.480. The fourth-order valence-corrected chi connectivity index (χ4v) is 2.08. The molecule has 1 rings (SSSR count). The average Bonchev–Trinajstić information content (AvgIpc) is 2.30. The summed E-state index contributed by atoms with van der Waals surface area (Å²) in [6, 6.07) is 0.480. The van der Waals surface area contributed by atoms with Gasteiger partial charge in [0.15, 0.2) is 0 Å². The van der Waals surface area contributed by atoms with Gasteiger partial charge in [0.25, 0.3) is 0 Å². The van der Waals surface area contributed by atoms with Crippen LogP contribution in [0.3, 0.4) is 0 Å². The Morgan fingerprint density at radius 1 is 1.33 bits per heavy atom. The van der Waals surface area contributed by atoms with Crippen LogP contribution in [0.4, 0.5) is 11.8 Å². The summed E-state index contributed by atoms with van der Waals surface area (Å²) in [4.78, 5) is 11.1. The molecule has 0 aliphatic rings. The van der Waals surface area contributed by atoms with Crippen LogP contribution in [0.25, 0.3) is 0 Å². The molecule has 4 nitrogen and oxygen atoms in total. The Balaban J connectivity index is 2.89. The van der Waals surface area contributed by atoms with Gasteiger partial charge in [-0.2, -0.15) is 4.98 Å². The zero-order valence-corrected chi connectivity index (χ0v) is 12.5. The second kappa shape index (κ2) is 6.57. The highest BCUT2D eigenvalue weighted by Gasteiger charge is 2.15. The molecule has 4 heteroatoms. The molecule has 0 aliphatic heterocycles. The molecule has 1 atom stereocenters. The normalized spacial score (nSPS) is 12.6. The number of anilines is 2. The lowest BCUT2D eigenvalue weighted by Gasteiger charge is -2.28. The Morgan fingerprint density at radius 2 is 2.00 bits per heavy atom. The van der Waals surface area contributed by atoms with Crippen LogP contribution in [-0.2, 0) is 0 Å². The van der Waals surface area contributed by atoms with E-state index in [0.717, 1.165) is 24.3 Å². The average molecular weight is 250 g/mol. The van der Waals surface area contributed by atoms with Gasteiger partial charge in [-0.05, 0) is 33.1 Å². The molecule has 0 bridgehead atoms. The van der Waals surface area contributed by atoms with Crippen molar-refractivity contribution in [1.29, 1.82) is 0 Å². The lowest BCUT2D eigenvalue weighted by atomic mass is 10.0. The number of hydrogen-bond donors (Lipinski definition) is 1. The highest BCUT2D eigenvalue weighted by atomic mass is 15.2. The van der Waals surface area contributed by atoms with Crippen LogP contribution >= 0.6 is 0 Å². The van der Waals surface area contributed by atoms with Gasteiger partial charge in [0, 0.05) is 31.4 Å². The molecule has 102 valence electrons. The van der Waals surface area contributed by atoms with Gasteiger partial charge in [-0.25, -0.2) is 4.98 Å². The van der Waals surface area contributed by atoms with E-state index in [-0.39, 0.29) is 0 Å². The van der Waals surface area contributed by atoms with Crippen molar-refractivity contribution in [3.8, 4) is 0 Å². The van der Waals surface area contributed by atoms with E-state index in [9.17, 15) is 0 Å². The summed E-state index contributed by atoms with van der Waals surface area (Å²) in [5.41, 5.74) is 1.12. The molecular weight excluding hydrogens is 224 g/mol. The largest absolute Gasteiger partial charge is 0.357 e. The smallest absolute Gasteiger partial charge is 0.224 e. The van der Waals surface area contributed by atoms with Crippen LogP contribution in [0.15, 0.2) is 6.20 Å². The van der Waals surface area contributed by atoms with E-state index in [1.807, 2.05) is 13.1 Å². The predicted octanol–water partition coefficient (Wildman–Crippen LogP) is 3.09. The molecule has 1 N–H and O–H groups in total.